The van der Waals surface area contributed by atoms with Crippen molar-refractivity contribution in [1.29, 1.82) is 0 Å². The number of carbonyl (C=O) groups excluding carboxylic acids is 2. The number of benzene rings is 3. The number of carbonyl (C=O) groups is 2. The molecular formula is C28H30ClFN2O3. The smallest absolute Gasteiger partial charge is 0.261 e. The summed E-state index contributed by atoms with van der Waals surface area (Å²) >= 11 is 6.17. The average Bonchev–Trinajstić information content (AvgIpc) is 2.87. The number of halogens is 2. The largest absolute Gasteiger partial charge is 0.482 e. The van der Waals surface area contributed by atoms with E-state index in [0.717, 1.165) is 18.4 Å². The lowest BCUT2D eigenvalue weighted by Gasteiger charge is -2.31. The lowest BCUT2D eigenvalue weighted by molar-refractivity contribution is -0.142. The van der Waals surface area contributed by atoms with Crippen LogP contribution in [0, 0.1) is 5.82 Å². The molecule has 0 bridgehead atoms. The second kappa shape index (κ2) is 13.5. The van der Waals surface area contributed by atoms with Gasteiger partial charge < -0.3 is 15.0 Å². The third kappa shape index (κ3) is 8.11. The maximum atomic E-state index is 13.5. The fourth-order valence-corrected chi connectivity index (χ4v) is 3.82. The molecule has 0 aliphatic rings. The van der Waals surface area contributed by atoms with Gasteiger partial charge in [0.05, 0.1) is 5.02 Å². The number of ether oxygens (including phenoxy) is 1. The first-order valence-corrected chi connectivity index (χ1v) is 12.1. The van der Waals surface area contributed by atoms with E-state index in [0.29, 0.717) is 29.3 Å². The lowest BCUT2D eigenvalue weighted by Crippen LogP contribution is -2.51. The van der Waals surface area contributed by atoms with E-state index >= 15 is 0 Å². The van der Waals surface area contributed by atoms with Gasteiger partial charge in [-0.05, 0) is 41.8 Å². The van der Waals surface area contributed by atoms with Crippen molar-refractivity contribution in [1.82, 2.24) is 10.2 Å². The van der Waals surface area contributed by atoms with E-state index in [1.165, 1.54) is 17.0 Å². The maximum absolute atomic E-state index is 13.5. The summed E-state index contributed by atoms with van der Waals surface area (Å²) in [5, 5.41) is 3.35. The highest BCUT2D eigenvalue weighted by Gasteiger charge is 2.30. The second-order valence-corrected chi connectivity index (χ2v) is 8.62. The number of hydrogen-bond acceptors (Lipinski definition) is 3. The molecule has 0 saturated heterocycles. The van der Waals surface area contributed by atoms with E-state index in [4.69, 9.17) is 16.3 Å². The van der Waals surface area contributed by atoms with Gasteiger partial charge in [-0.3, -0.25) is 9.59 Å². The van der Waals surface area contributed by atoms with Crippen LogP contribution >= 0.6 is 11.6 Å². The summed E-state index contributed by atoms with van der Waals surface area (Å²) < 4.78 is 19.2. The Morgan fingerprint density at radius 3 is 2.34 bits per heavy atom. The molecule has 0 aromatic heterocycles. The van der Waals surface area contributed by atoms with Crippen molar-refractivity contribution in [2.45, 2.75) is 38.8 Å². The van der Waals surface area contributed by atoms with E-state index in [1.807, 2.05) is 37.3 Å². The van der Waals surface area contributed by atoms with Gasteiger partial charge in [-0.1, -0.05) is 79.5 Å². The number of nitrogens with zero attached hydrogens (tertiary/aromatic N) is 1. The fourth-order valence-electron chi connectivity index (χ4n) is 3.63. The normalized spacial score (nSPS) is 11.5. The minimum atomic E-state index is -0.776. The highest BCUT2D eigenvalue weighted by Crippen LogP contribution is 2.23. The van der Waals surface area contributed by atoms with Gasteiger partial charge in [-0.15, -0.1) is 0 Å². The molecule has 0 saturated carbocycles. The summed E-state index contributed by atoms with van der Waals surface area (Å²) in [5.41, 5.74) is 1.63. The number of nitrogens with one attached hydrogen (secondary N) is 1. The molecule has 0 fully saturated rings. The Balaban J connectivity index is 1.88. The van der Waals surface area contributed by atoms with Gasteiger partial charge in [-0.2, -0.15) is 0 Å². The van der Waals surface area contributed by atoms with Crippen LogP contribution in [0.3, 0.4) is 0 Å². The van der Waals surface area contributed by atoms with Crippen LogP contribution in [0.2, 0.25) is 5.02 Å². The van der Waals surface area contributed by atoms with Crippen molar-refractivity contribution >= 4 is 23.4 Å². The Morgan fingerprint density at radius 2 is 1.66 bits per heavy atom. The van der Waals surface area contributed by atoms with Gasteiger partial charge in [0.25, 0.3) is 5.91 Å². The molecule has 7 heteroatoms. The summed E-state index contributed by atoms with van der Waals surface area (Å²) in [6.07, 6.45) is 2.11. The zero-order chi connectivity index (χ0) is 25.0. The van der Waals surface area contributed by atoms with Crippen LogP contribution in [0.1, 0.15) is 30.9 Å². The summed E-state index contributed by atoms with van der Waals surface area (Å²) in [7, 11) is 0. The third-order valence-corrected chi connectivity index (χ3v) is 5.87. The van der Waals surface area contributed by atoms with Crippen LogP contribution in [0.15, 0.2) is 78.9 Å². The summed E-state index contributed by atoms with van der Waals surface area (Å²) in [5.74, 6) is -0.598. The van der Waals surface area contributed by atoms with Crippen molar-refractivity contribution in [3.05, 3.63) is 101 Å². The summed E-state index contributed by atoms with van der Waals surface area (Å²) in [6.45, 7) is 2.40. The number of hydrogen-bond donors (Lipinski definition) is 1. The van der Waals surface area contributed by atoms with Gasteiger partial charge in [0.1, 0.15) is 17.6 Å². The Kier molecular flexibility index (Phi) is 10.1. The highest BCUT2D eigenvalue weighted by atomic mass is 35.5. The lowest BCUT2D eigenvalue weighted by atomic mass is 10.0. The van der Waals surface area contributed by atoms with Crippen LogP contribution in [-0.4, -0.2) is 35.9 Å². The topological polar surface area (TPSA) is 58.6 Å². The molecule has 184 valence electrons. The molecule has 3 rings (SSSR count). The molecule has 1 N–H and O–H groups in total. The number of amides is 2. The molecule has 0 spiro atoms. The Bertz CT molecular complexity index is 1090. The zero-order valence-corrected chi connectivity index (χ0v) is 20.5. The van der Waals surface area contributed by atoms with Crippen molar-refractivity contribution in [2.24, 2.45) is 0 Å². The van der Waals surface area contributed by atoms with Crippen LogP contribution in [0.25, 0.3) is 0 Å². The minimum Gasteiger partial charge on any atom is -0.482 e. The molecular weight excluding hydrogens is 467 g/mol. The minimum absolute atomic E-state index is 0.129. The molecule has 2 amide bonds. The average molecular weight is 497 g/mol. The predicted molar refractivity (Wildman–Crippen MR) is 136 cm³/mol. The van der Waals surface area contributed by atoms with Gasteiger partial charge in [0.2, 0.25) is 5.91 Å². The molecule has 0 aliphatic heterocycles. The standard InChI is InChI=1S/C28H30ClFN2O3/c1-2-3-17-31-28(34)25(18-21-9-5-4-6-10-21)32(19-22-13-15-23(30)16-14-22)27(33)20-35-26-12-8-7-11-24(26)29/h4-16,25H,2-3,17-20H2,1H3,(H,31,34). The van der Waals surface area contributed by atoms with Crippen LogP contribution in [0.5, 0.6) is 5.75 Å². The number of unbranched alkanes of at least 4 members (excludes halogenated alkanes) is 1. The maximum Gasteiger partial charge on any atom is 0.261 e. The molecule has 0 heterocycles. The Labute approximate surface area is 210 Å². The second-order valence-electron chi connectivity index (χ2n) is 8.22. The number of rotatable bonds is 12. The first-order chi connectivity index (χ1) is 17.0. The molecule has 5 nitrogen and oxygen atoms in total. The quantitative estimate of drug-likeness (QED) is 0.341. The van der Waals surface area contributed by atoms with Gasteiger partial charge in [0.15, 0.2) is 6.61 Å². The van der Waals surface area contributed by atoms with Crippen LogP contribution in [0.4, 0.5) is 4.39 Å². The molecule has 3 aromatic rings. The third-order valence-electron chi connectivity index (χ3n) is 5.55. The van der Waals surface area contributed by atoms with Gasteiger partial charge in [-0.25, -0.2) is 4.39 Å². The Hall–Kier alpha value is -3.38. The van der Waals surface area contributed by atoms with E-state index in [2.05, 4.69) is 5.32 Å². The van der Waals surface area contributed by atoms with Crippen molar-refractivity contribution in [2.75, 3.05) is 13.2 Å². The molecule has 3 aromatic carbocycles. The van der Waals surface area contributed by atoms with Gasteiger partial charge >= 0.3 is 0 Å². The first-order valence-electron chi connectivity index (χ1n) is 11.7. The molecule has 0 radical (unpaired) electrons. The van der Waals surface area contributed by atoms with E-state index in [1.54, 1.807) is 36.4 Å². The zero-order valence-electron chi connectivity index (χ0n) is 19.8. The summed E-state index contributed by atoms with van der Waals surface area (Å²) in [6, 6.07) is 21.6. The van der Waals surface area contributed by atoms with Gasteiger partial charge in [0, 0.05) is 19.5 Å². The van der Waals surface area contributed by atoms with Crippen molar-refractivity contribution < 1.29 is 18.7 Å². The monoisotopic (exact) mass is 496 g/mol. The first kappa shape index (κ1) is 26.2. The van der Waals surface area contributed by atoms with Crippen molar-refractivity contribution in [3.63, 3.8) is 0 Å². The fraction of sp³-hybridized carbons (Fsp3) is 0.286. The summed E-state index contributed by atoms with van der Waals surface area (Å²) in [4.78, 5) is 28.3. The van der Waals surface area contributed by atoms with E-state index < -0.39 is 6.04 Å². The molecule has 35 heavy (non-hydrogen) atoms. The molecule has 0 aliphatic carbocycles. The molecule has 1 atom stereocenters. The predicted octanol–water partition coefficient (Wildman–Crippen LogP) is 5.41. The SMILES string of the molecule is CCCCNC(=O)C(Cc1ccccc1)N(Cc1ccc(F)cc1)C(=O)COc1ccccc1Cl. The van der Waals surface area contributed by atoms with E-state index in [-0.39, 0.29) is 30.8 Å². The van der Waals surface area contributed by atoms with Crippen molar-refractivity contribution in [3.8, 4) is 5.75 Å². The Morgan fingerprint density at radius 1 is 0.971 bits per heavy atom. The highest BCUT2D eigenvalue weighted by molar-refractivity contribution is 6.32. The van der Waals surface area contributed by atoms with E-state index in [9.17, 15) is 14.0 Å². The molecule has 1 unspecified atom stereocenters. The van der Waals surface area contributed by atoms with Crippen LogP contribution < -0.4 is 10.1 Å². The number of para-hydroxylation sites is 1. The van der Waals surface area contributed by atoms with Crippen LogP contribution in [-0.2, 0) is 22.6 Å².